The van der Waals surface area contributed by atoms with Gasteiger partial charge in [0.25, 0.3) is 0 Å². The highest BCUT2D eigenvalue weighted by Gasteiger charge is 2.13. The highest BCUT2D eigenvalue weighted by atomic mass is 32.2. The maximum atomic E-state index is 11.4. The van der Waals surface area contributed by atoms with Crippen LogP contribution in [-0.4, -0.2) is 23.3 Å². The van der Waals surface area contributed by atoms with E-state index in [2.05, 4.69) is 4.72 Å². The summed E-state index contributed by atoms with van der Waals surface area (Å²) in [7, 11) is 3.48. The molecule has 1 rings (SSSR count). The SMILES string of the molecule is [B]c1ccc(C)c(S(=O)(=O)NC)c1. The van der Waals surface area contributed by atoms with Gasteiger partial charge >= 0.3 is 0 Å². The second kappa shape index (κ2) is 3.51. The lowest BCUT2D eigenvalue weighted by molar-refractivity contribution is 0.587. The molecule has 0 saturated heterocycles. The minimum Gasteiger partial charge on any atom is -0.214 e. The highest BCUT2D eigenvalue weighted by molar-refractivity contribution is 7.89. The summed E-state index contributed by atoms with van der Waals surface area (Å²) in [5, 5.41) is 0. The number of sulfonamides is 1. The molecular formula is C8H10BNO2S. The van der Waals surface area contributed by atoms with Crippen LogP contribution in [0.5, 0.6) is 0 Å². The second-order valence-electron chi connectivity index (χ2n) is 2.73. The quantitative estimate of drug-likeness (QED) is 0.658. The standard InChI is InChI=1S/C8H10BNO2S/c1-6-3-4-7(9)5-8(6)13(11,12)10-2/h3-5,10H,1-2H3. The van der Waals surface area contributed by atoms with E-state index in [0.717, 1.165) is 0 Å². The lowest BCUT2D eigenvalue weighted by Crippen LogP contribution is -2.21. The van der Waals surface area contributed by atoms with Gasteiger partial charge in [0.2, 0.25) is 10.0 Å². The molecule has 0 spiro atoms. The number of benzene rings is 1. The average molecular weight is 195 g/mol. The van der Waals surface area contributed by atoms with Gasteiger partial charge in [-0.1, -0.05) is 17.6 Å². The zero-order valence-electron chi connectivity index (χ0n) is 7.53. The van der Waals surface area contributed by atoms with E-state index in [-0.39, 0.29) is 4.90 Å². The fraction of sp³-hybridized carbons (Fsp3) is 0.250. The predicted octanol–water partition coefficient (Wildman–Crippen LogP) is -0.303. The van der Waals surface area contributed by atoms with Crippen LogP contribution in [0.15, 0.2) is 23.1 Å². The summed E-state index contributed by atoms with van der Waals surface area (Å²) in [6.45, 7) is 1.73. The molecule has 2 radical (unpaired) electrons. The molecule has 68 valence electrons. The third-order valence-electron chi connectivity index (χ3n) is 1.77. The summed E-state index contributed by atoms with van der Waals surface area (Å²) in [6, 6.07) is 4.80. The maximum absolute atomic E-state index is 11.4. The van der Waals surface area contributed by atoms with Crippen molar-refractivity contribution in [2.45, 2.75) is 11.8 Å². The largest absolute Gasteiger partial charge is 0.240 e. The minimum atomic E-state index is -3.38. The van der Waals surface area contributed by atoms with E-state index < -0.39 is 10.0 Å². The van der Waals surface area contributed by atoms with Gasteiger partial charge in [-0.25, -0.2) is 13.1 Å². The van der Waals surface area contributed by atoms with Crippen LogP contribution in [0.3, 0.4) is 0 Å². The van der Waals surface area contributed by atoms with Gasteiger partial charge in [0.05, 0.1) is 4.90 Å². The monoisotopic (exact) mass is 195 g/mol. The molecule has 0 aliphatic heterocycles. The van der Waals surface area contributed by atoms with E-state index in [0.29, 0.717) is 11.0 Å². The van der Waals surface area contributed by atoms with E-state index in [1.54, 1.807) is 19.1 Å². The molecule has 0 aromatic heterocycles. The Morgan fingerprint density at radius 2 is 2.00 bits per heavy atom. The number of hydrogen-bond acceptors (Lipinski definition) is 2. The molecule has 5 heteroatoms. The molecule has 1 N–H and O–H groups in total. The van der Waals surface area contributed by atoms with Crippen molar-refractivity contribution in [1.82, 2.24) is 4.72 Å². The Labute approximate surface area is 79.6 Å². The maximum Gasteiger partial charge on any atom is 0.240 e. The van der Waals surface area contributed by atoms with Gasteiger partial charge in [-0.3, -0.25) is 0 Å². The van der Waals surface area contributed by atoms with E-state index in [1.807, 2.05) is 0 Å². The Hall–Kier alpha value is -0.805. The van der Waals surface area contributed by atoms with Crippen molar-refractivity contribution in [3.63, 3.8) is 0 Å². The van der Waals surface area contributed by atoms with Crippen molar-refractivity contribution in [2.75, 3.05) is 7.05 Å². The first-order valence-corrected chi connectivity index (χ1v) is 5.25. The number of rotatable bonds is 2. The molecule has 3 nitrogen and oxygen atoms in total. The summed E-state index contributed by atoms with van der Waals surface area (Å²) < 4.78 is 25.1. The van der Waals surface area contributed by atoms with Gasteiger partial charge in [-0.15, -0.1) is 0 Å². The molecule has 1 aromatic carbocycles. The van der Waals surface area contributed by atoms with Crippen LogP contribution in [0.25, 0.3) is 0 Å². The van der Waals surface area contributed by atoms with Gasteiger partial charge in [0, 0.05) is 0 Å². The first kappa shape index (κ1) is 10.3. The molecule has 0 aliphatic carbocycles. The molecule has 0 heterocycles. The summed E-state index contributed by atoms with van der Waals surface area (Å²) in [5.74, 6) is 0. The predicted molar refractivity (Wildman–Crippen MR) is 52.8 cm³/mol. The number of nitrogens with one attached hydrogen (secondary N) is 1. The molecule has 0 aliphatic rings. The van der Waals surface area contributed by atoms with Crippen LogP contribution in [0, 0.1) is 6.92 Å². The second-order valence-corrected chi connectivity index (χ2v) is 4.59. The Balaban J connectivity index is 3.38. The molecule has 0 saturated carbocycles. The Kier molecular flexibility index (Phi) is 2.78. The molecular weight excluding hydrogens is 185 g/mol. The lowest BCUT2D eigenvalue weighted by Gasteiger charge is -2.06. The van der Waals surface area contributed by atoms with Crippen molar-refractivity contribution in [1.29, 1.82) is 0 Å². The highest BCUT2D eigenvalue weighted by Crippen LogP contribution is 2.11. The van der Waals surface area contributed by atoms with E-state index >= 15 is 0 Å². The minimum absolute atomic E-state index is 0.231. The zero-order valence-corrected chi connectivity index (χ0v) is 8.35. The molecule has 13 heavy (non-hydrogen) atoms. The fourth-order valence-electron chi connectivity index (χ4n) is 1.02. The smallest absolute Gasteiger partial charge is 0.214 e. The van der Waals surface area contributed by atoms with Crippen molar-refractivity contribution in [3.8, 4) is 0 Å². The molecule has 0 unspecified atom stereocenters. The molecule has 0 amide bonds. The molecule has 0 bridgehead atoms. The first-order valence-electron chi connectivity index (χ1n) is 3.77. The van der Waals surface area contributed by atoms with Crippen LogP contribution >= 0.6 is 0 Å². The summed E-state index contributed by atoms with van der Waals surface area (Å²) >= 11 is 0. The molecule has 0 atom stereocenters. The summed E-state index contributed by atoms with van der Waals surface area (Å²) in [4.78, 5) is 0.231. The van der Waals surface area contributed by atoms with Crippen LogP contribution < -0.4 is 10.2 Å². The molecule has 1 aromatic rings. The van der Waals surface area contributed by atoms with Crippen molar-refractivity contribution in [2.24, 2.45) is 0 Å². The van der Waals surface area contributed by atoms with Gasteiger partial charge < -0.3 is 0 Å². The van der Waals surface area contributed by atoms with Crippen LogP contribution in [-0.2, 0) is 10.0 Å². The van der Waals surface area contributed by atoms with Gasteiger partial charge in [0.15, 0.2) is 0 Å². The van der Waals surface area contributed by atoms with Crippen molar-refractivity contribution in [3.05, 3.63) is 23.8 Å². The first-order chi connectivity index (χ1) is 5.97. The van der Waals surface area contributed by atoms with E-state index in [4.69, 9.17) is 7.85 Å². The third-order valence-corrected chi connectivity index (χ3v) is 3.33. The van der Waals surface area contributed by atoms with Gasteiger partial charge in [0.1, 0.15) is 7.85 Å². The van der Waals surface area contributed by atoms with E-state index in [9.17, 15) is 8.42 Å². The van der Waals surface area contributed by atoms with Crippen molar-refractivity contribution >= 4 is 23.3 Å². The van der Waals surface area contributed by atoms with Crippen LogP contribution in [0.2, 0.25) is 0 Å². The Bertz CT molecular complexity index is 414. The van der Waals surface area contributed by atoms with Gasteiger partial charge in [-0.05, 0) is 25.6 Å². The topological polar surface area (TPSA) is 46.2 Å². The number of hydrogen-bond donors (Lipinski definition) is 1. The number of aryl methyl sites for hydroxylation is 1. The van der Waals surface area contributed by atoms with Crippen molar-refractivity contribution < 1.29 is 8.42 Å². The molecule has 0 fully saturated rings. The zero-order chi connectivity index (χ0) is 10.1. The summed E-state index contributed by atoms with van der Waals surface area (Å²) in [5.41, 5.74) is 1.13. The van der Waals surface area contributed by atoms with E-state index in [1.165, 1.54) is 13.1 Å². The fourth-order valence-corrected chi connectivity index (χ4v) is 2.02. The van der Waals surface area contributed by atoms with Gasteiger partial charge in [-0.2, -0.15) is 0 Å². The normalized spacial score (nSPS) is 11.5. The third kappa shape index (κ3) is 2.11. The van der Waals surface area contributed by atoms with Crippen LogP contribution in [0.4, 0.5) is 0 Å². The van der Waals surface area contributed by atoms with Crippen LogP contribution in [0.1, 0.15) is 5.56 Å². The average Bonchev–Trinajstić information content (AvgIpc) is 2.09. The Morgan fingerprint density at radius 3 is 2.54 bits per heavy atom. The lowest BCUT2D eigenvalue weighted by atomic mass is 9.95. The summed E-state index contributed by atoms with van der Waals surface area (Å²) in [6.07, 6.45) is 0. The Morgan fingerprint density at radius 1 is 1.38 bits per heavy atom.